The van der Waals surface area contributed by atoms with Gasteiger partial charge in [0.25, 0.3) is 0 Å². The Kier molecular flexibility index (Phi) is 4.53. The van der Waals surface area contributed by atoms with Gasteiger partial charge in [-0.2, -0.15) is 14.0 Å². The lowest BCUT2D eigenvalue weighted by atomic mass is 9.94. The van der Waals surface area contributed by atoms with Crippen molar-refractivity contribution in [1.29, 1.82) is 0 Å². The van der Waals surface area contributed by atoms with Gasteiger partial charge in [0.2, 0.25) is 6.79 Å². The molecule has 0 aromatic heterocycles. The molecule has 2 aromatic carbocycles. The summed E-state index contributed by atoms with van der Waals surface area (Å²) in [5.74, 6) is -1.66. The van der Waals surface area contributed by atoms with E-state index in [0.29, 0.717) is 22.6 Å². The molecule has 0 aliphatic carbocycles. The lowest BCUT2D eigenvalue weighted by Crippen LogP contribution is -2.64. The van der Waals surface area contributed by atoms with Gasteiger partial charge in [-0.3, -0.25) is 0 Å². The number of hydrogen-bond acceptors (Lipinski definition) is 7. The van der Waals surface area contributed by atoms with Gasteiger partial charge < -0.3 is 14.2 Å². The number of ether oxygens (including phenoxy) is 3. The first-order chi connectivity index (χ1) is 13.3. The smallest absolute Gasteiger partial charge is 0.412 e. The van der Waals surface area contributed by atoms with E-state index < -0.39 is 21.8 Å². The average molecular weight is 409 g/mol. The Bertz CT molecular complexity index is 965. The largest absolute Gasteiger partial charge is 0.454 e. The molecule has 0 N–H and O–H groups in total. The quantitative estimate of drug-likeness (QED) is 0.734. The Labute approximate surface area is 161 Å². The zero-order chi connectivity index (χ0) is 19.9. The summed E-state index contributed by atoms with van der Waals surface area (Å²) >= 11 is 0. The predicted octanol–water partition coefficient (Wildman–Crippen LogP) is 0.726. The first kappa shape index (κ1) is 18.7. The summed E-state index contributed by atoms with van der Waals surface area (Å²) in [6.07, 6.45) is 4.37. The van der Waals surface area contributed by atoms with Crippen LogP contribution in [0.3, 0.4) is 0 Å². The number of benzene rings is 2. The molecule has 2 aliphatic rings. The van der Waals surface area contributed by atoms with E-state index in [4.69, 9.17) is 18.5 Å². The summed E-state index contributed by atoms with van der Waals surface area (Å²) in [6.45, 7) is 1.51. The average Bonchev–Trinajstić information content (AvgIpc) is 3.08. The lowest BCUT2D eigenvalue weighted by Gasteiger charge is -2.32. The molecule has 0 saturated carbocycles. The molecule has 4 rings (SSSR count). The molecular formula is C19H14ClFO7. The van der Waals surface area contributed by atoms with E-state index in [-0.39, 0.29) is 18.1 Å². The van der Waals surface area contributed by atoms with Crippen LogP contribution in [0.15, 0.2) is 48.2 Å². The Morgan fingerprint density at radius 3 is 2.57 bits per heavy atom. The van der Waals surface area contributed by atoms with Crippen molar-refractivity contribution < 1.29 is 47.1 Å². The summed E-state index contributed by atoms with van der Waals surface area (Å²) < 4.78 is 69.1. The monoisotopic (exact) mass is 408 g/mol. The third-order valence-corrected chi connectivity index (χ3v) is 4.58. The van der Waals surface area contributed by atoms with Gasteiger partial charge in [0.05, 0.1) is 21.6 Å². The summed E-state index contributed by atoms with van der Waals surface area (Å²) in [4.78, 5) is 0. The second kappa shape index (κ2) is 6.77. The molecule has 0 fully saturated rings. The van der Waals surface area contributed by atoms with Crippen molar-refractivity contribution in [2.75, 3.05) is 6.79 Å². The minimum absolute atomic E-state index is 0.0753. The van der Waals surface area contributed by atoms with Crippen LogP contribution < -0.4 is 23.5 Å². The van der Waals surface area contributed by atoms with Crippen molar-refractivity contribution in [3.05, 3.63) is 70.7 Å². The van der Waals surface area contributed by atoms with Gasteiger partial charge in [-0.1, -0.05) is 24.3 Å². The molecule has 28 heavy (non-hydrogen) atoms. The highest BCUT2D eigenvalue weighted by molar-refractivity contribution is 5.68. The van der Waals surface area contributed by atoms with Crippen LogP contribution in [0.1, 0.15) is 23.6 Å². The van der Waals surface area contributed by atoms with Crippen LogP contribution in [-0.2, 0) is 14.8 Å². The number of hydrogen-bond donors (Lipinski definition) is 0. The maximum absolute atomic E-state index is 13.1. The molecule has 0 amide bonds. The second-order valence-corrected chi connectivity index (χ2v) is 7.04. The van der Waals surface area contributed by atoms with Crippen molar-refractivity contribution in [3.8, 4) is 11.5 Å². The highest BCUT2D eigenvalue weighted by atomic mass is 35.7. The van der Waals surface area contributed by atoms with Gasteiger partial charge in [0.1, 0.15) is 10.1 Å². The van der Waals surface area contributed by atoms with Gasteiger partial charge >= 0.3 is 5.79 Å². The second-order valence-electron chi connectivity index (χ2n) is 6.13. The molecule has 0 saturated heterocycles. The summed E-state index contributed by atoms with van der Waals surface area (Å²) in [5, 5.41) is 0. The van der Waals surface area contributed by atoms with E-state index in [9.17, 15) is 18.4 Å². The minimum Gasteiger partial charge on any atom is -0.454 e. The van der Waals surface area contributed by atoms with E-state index in [1.54, 1.807) is 25.1 Å². The van der Waals surface area contributed by atoms with Crippen molar-refractivity contribution in [2.45, 2.75) is 12.7 Å². The molecule has 1 unspecified atom stereocenters. The molecule has 0 bridgehead atoms. The molecule has 146 valence electrons. The van der Waals surface area contributed by atoms with Gasteiger partial charge in [-0.25, -0.2) is 4.39 Å². The molecule has 2 aromatic rings. The van der Waals surface area contributed by atoms with Crippen LogP contribution in [0.5, 0.6) is 11.5 Å². The van der Waals surface area contributed by atoms with Crippen LogP contribution >= 0.6 is 0 Å². The first-order valence-corrected chi connectivity index (χ1v) is 9.36. The molecule has 0 spiro atoms. The highest BCUT2D eigenvalue weighted by Crippen LogP contribution is 2.50. The summed E-state index contributed by atoms with van der Waals surface area (Å²) in [5.41, 5.74) is 1.25. The molecular weight excluding hydrogens is 395 g/mol. The van der Waals surface area contributed by atoms with Gasteiger partial charge in [0.15, 0.2) is 11.5 Å². The standard InChI is InChI=1S/C19H14ClFO7/c1-12-10-14-4-7-16-18(26-11-25-16)17(14)19(27-12,28-20(22,23)24)9-8-13-2-5-15(21)6-3-13/h2-10H,11H2,1H3. The minimum atomic E-state index is -4.88. The normalized spacial score (nSPS) is 20.7. The fraction of sp³-hybridized carbons (Fsp3) is 0.158. The number of halogens is 2. The summed E-state index contributed by atoms with van der Waals surface area (Å²) in [6, 6.07) is 8.77. The van der Waals surface area contributed by atoms with E-state index in [1.165, 1.54) is 36.4 Å². The lowest BCUT2D eigenvalue weighted by molar-refractivity contribution is -1.92. The molecule has 2 heterocycles. The Balaban J connectivity index is 1.88. The van der Waals surface area contributed by atoms with Crippen molar-refractivity contribution in [3.63, 3.8) is 0 Å². The van der Waals surface area contributed by atoms with E-state index in [2.05, 4.69) is 0 Å². The van der Waals surface area contributed by atoms with Gasteiger partial charge in [0, 0.05) is 6.08 Å². The Hall–Kier alpha value is -2.62. The molecule has 0 radical (unpaired) electrons. The zero-order valence-electron chi connectivity index (χ0n) is 14.5. The highest BCUT2D eigenvalue weighted by Gasteiger charge is 2.54. The predicted molar refractivity (Wildman–Crippen MR) is 85.5 cm³/mol. The van der Waals surface area contributed by atoms with Crippen LogP contribution in [0, 0.1) is 16.1 Å². The number of fused-ring (bicyclic) bond motifs is 3. The molecule has 2 aliphatic heterocycles. The maximum atomic E-state index is 13.1. The summed E-state index contributed by atoms with van der Waals surface area (Å²) in [7, 11) is -4.88. The van der Waals surface area contributed by atoms with Gasteiger partial charge in [-0.15, -0.1) is 0 Å². The van der Waals surface area contributed by atoms with E-state index in [1.807, 2.05) is 0 Å². The van der Waals surface area contributed by atoms with Crippen molar-refractivity contribution in [1.82, 2.24) is 0 Å². The molecule has 9 heteroatoms. The van der Waals surface area contributed by atoms with E-state index >= 15 is 0 Å². The fourth-order valence-corrected chi connectivity index (χ4v) is 3.56. The van der Waals surface area contributed by atoms with Crippen molar-refractivity contribution >= 4 is 12.2 Å². The van der Waals surface area contributed by atoms with Crippen LogP contribution in [0.25, 0.3) is 12.2 Å². The SMILES string of the molecule is CC1=Cc2ccc3c(c2C(C=Cc2ccc(F)cc2)(O[Cl+3]([O-])([O-])[O-])O1)OCO3. The maximum Gasteiger partial charge on any atom is 0.412 e. The van der Waals surface area contributed by atoms with Crippen LogP contribution in [0.4, 0.5) is 4.39 Å². The fourth-order valence-electron chi connectivity index (χ4n) is 3.12. The van der Waals surface area contributed by atoms with Crippen LogP contribution in [-0.4, -0.2) is 6.79 Å². The molecule has 1 atom stereocenters. The third-order valence-electron chi connectivity index (χ3n) is 4.17. The van der Waals surface area contributed by atoms with E-state index in [0.717, 1.165) is 0 Å². The number of allylic oxidation sites excluding steroid dienone is 1. The topological polar surface area (TPSA) is 106 Å². The Morgan fingerprint density at radius 2 is 1.86 bits per heavy atom. The van der Waals surface area contributed by atoms with Crippen molar-refractivity contribution in [2.24, 2.45) is 0 Å². The first-order valence-electron chi connectivity index (χ1n) is 8.12. The van der Waals surface area contributed by atoms with Crippen LogP contribution in [0.2, 0.25) is 0 Å². The zero-order valence-corrected chi connectivity index (χ0v) is 15.3. The number of rotatable bonds is 4. The molecule has 7 nitrogen and oxygen atoms in total. The van der Waals surface area contributed by atoms with Gasteiger partial charge in [-0.05, 0) is 42.3 Å². The Morgan fingerprint density at radius 1 is 1.11 bits per heavy atom. The third kappa shape index (κ3) is 3.56.